The van der Waals surface area contributed by atoms with Crippen LogP contribution in [0.15, 0.2) is 36.1 Å². The second-order valence-electron chi connectivity index (χ2n) is 6.52. The van der Waals surface area contributed by atoms with Gasteiger partial charge < -0.3 is 14.0 Å². The molecule has 0 radical (unpaired) electrons. The Kier molecular flexibility index (Phi) is 5.10. The van der Waals surface area contributed by atoms with Crippen LogP contribution in [0.25, 0.3) is 5.57 Å². The van der Waals surface area contributed by atoms with Gasteiger partial charge in [0.2, 0.25) is 0 Å². The molecule has 1 aromatic carbocycles. The van der Waals surface area contributed by atoms with Crippen LogP contribution in [0.1, 0.15) is 39.7 Å². The molecule has 1 aliphatic rings. The Morgan fingerprint density at radius 3 is 2.14 bits per heavy atom. The summed E-state index contributed by atoms with van der Waals surface area (Å²) in [5, 5.41) is 0. The van der Waals surface area contributed by atoms with Gasteiger partial charge in [-0.3, -0.25) is 0 Å². The SMILES string of the molecule is COCCC(=C(F)B1OC(C)(C)C(C)(C)O1)c1ccccc1. The molecule has 0 unspecified atom stereocenters. The zero-order chi connectivity index (χ0) is 16.4. The average molecular weight is 306 g/mol. The third-order valence-corrected chi connectivity index (χ3v) is 4.43. The highest BCUT2D eigenvalue weighted by molar-refractivity contribution is 6.55. The van der Waals surface area contributed by atoms with E-state index in [2.05, 4.69) is 0 Å². The zero-order valence-corrected chi connectivity index (χ0v) is 14.0. The third-order valence-electron chi connectivity index (χ3n) is 4.43. The van der Waals surface area contributed by atoms with Gasteiger partial charge in [0.05, 0.1) is 17.8 Å². The maximum absolute atomic E-state index is 15.0. The van der Waals surface area contributed by atoms with Crippen molar-refractivity contribution in [1.82, 2.24) is 0 Å². The normalized spacial score (nSPS) is 20.9. The van der Waals surface area contributed by atoms with Gasteiger partial charge in [0.1, 0.15) is 5.73 Å². The number of rotatable bonds is 5. The molecule has 0 aromatic heterocycles. The molecule has 1 heterocycles. The van der Waals surface area contributed by atoms with Gasteiger partial charge in [-0.25, -0.2) is 4.39 Å². The maximum Gasteiger partial charge on any atom is 0.525 e. The van der Waals surface area contributed by atoms with Crippen molar-refractivity contribution in [1.29, 1.82) is 0 Å². The molecular formula is C17H24BFO3. The molecule has 120 valence electrons. The molecule has 0 aliphatic carbocycles. The first-order valence-corrected chi connectivity index (χ1v) is 7.57. The Morgan fingerprint density at radius 2 is 1.64 bits per heavy atom. The molecule has 0 N–H and O–H groups in total. The van der Waals surface area contributed by atoms with Gasteiger partial charge in [0, 0.05) is 7.11 Å². The van der Waals surface area contributed by atoms with E-state index < -0.39 is 18.3 Å². The molecule has 1 fully saturated rings. The third kappa shape index (κ3) is 3.42. The summed E-state index contributed by atoms with van der Waals surface area (Å²) in [6.45, 7) is 8.10. The van der Waals surface area contributed by atoms with Gasteiger partial charge in [-0.1, -0.05) is 30.3 Å². The number of halogens is 1. The Labute approximate surface area is 132 Å². The van der Waals surface area contributed by atoms with E-state index in [4.69, 9.17) is 14.0 Å². The van der Waals surface area contributed by atoms with Crippen molar-refractivity contribution in [3.63, 3.8) is 0 Å². The van der Waals surface area contributed by atoms with E-state index in [9.17, 15) is 0 Å². The fourth-order valence-electron chi connectivity index (χ4n) is 2.33. The van der Waals surface area contributed by atoms with Crippen molar-refractivity contribution >= 4 is 12.7 Å². The minimum absolute atomic E-state index is 0.373. The summed E-state index contributed by atoms with van der Waals surface area (Å²) in [5.41, 5.74) is -0.0922. The summed E-state index contributed by atoms with van der Waals surface area (Å²) >= 11 is 0. The fraction of sp³-hybridized carbons (Fsp3) is 0.529. The molecule has 2 rings (SSSR count). The van der Waals surface area contributed by atoms with Crippen LogP contribution in [0.4, 0.5) is 4.39 Å². The first-order valence-electron chi connectivity index (χ1n) is 7.57. The van der Waals surface area contributed by atoms with E-state index in [1.807, 2.05) is 58.0 Å². The summed E-state index contributed by atoms with van der Waals surface area (Å²) in [7, 11) is 0.632. The molecule has 22 heavy (non-hydrogen) atoms. The van der Waals surface area contributed by atoms with E-state index in [0.717, 1.165) is 5.56 Å². The standard InChI is InChI=1S/C17H24BFO3/c1-16(2)17(3,4)22-18(21-16)15(19)14(11-12-20-5)13-9-7-6-8-10-13/h6-10H,11-12H2,1-5H3. The lowest BCUT2D eigenvalue weighted by atomic mass is 9.82. The lowest BCUT2D eigenvalue weighted by Gasteiger charge is -2.32. The highest BCUT2D eigenvalue weighted by Gasteiger charge is 2.53. The molecule has 0 atom stereocenters. The summed E-state index contributed by atoms with van der Waals surface area (Å²) in [6.07, 6.45) is 0.469. The lowest BCUT2D eigenvalue weighted by Crippen LogP contribution is -2.41. The Hall–Kier alpha value is -1.17. The fourth-order valence-corrected chi connectivity index (χ4v) is 2.33. The Bertz CT molecular complexity index is 524. The van der Waals surface area contributed by atoms with Crippen molar-refractivity contribution in [2.24, 2.45) is 0 Å². The summed E-state index contributed by atoms with van der Waals surface area (Å²) in [6, 6.07) is 9.45. The van der Waals surface area contributed by atoms with Gasteiger partial charge in [-0.05, 0) is 45.3 Å². The van der Waals surface area contributed by atoms with Crippen LogP contribution >= 0.6 is 0 Å². The smallest absolute Gasteiger partial charge is 0.398 e. The van der Waals surface area contributed by atoms with Crippen LogP contribution in [-0.2, 0) is 14.0 Å². The largest absolute Gasteiger partial charge is 0.525 e. The van der Waals surface area contributed by atoms with Gasteiger partial charge in [0.15, 0.2) is 0 Å². The van der Waals surface area contributed by atoms with Crippen molar-refractivity contribution < 1.29 is 18.4 Å². The molecule has 1 aliphatic heterocycles. The number of methoxy groups -OCH3 is 1. The molecule has 5 heteroatoms. The summed E-state index contributed by atoms with van der Waals surface area (Å²) in [4.78, 5) is 0. The molecule has 0 amide bonds. The molecule has 3 nitrogen and oxygen atoms in total. The Morgan fingerprint density at radius 1 is 1.09 bits per heavy atom. The van der Waals surface area contributed by atoms with Crippen LogP contribution in [0, 0.1) is 0 Å². The maximum atomic E-state index is 15.0. The van der Waals surface area contributed by atoms with Gasteiger partial charge in [0.25, 0.3) is 0 Å². The number of benzene rings is 1. The van der Waals surface area contributed by atoms with Crippen molar-refractivity contribution in [3.8, 4) is 0 Å². The van der Waals surface area contributed by atoms with Crippen LogP contribution in [-0.4, -0.2) is 32.0 Å². The van der Waals surface area contributed by atoms with E-state index in [1.54, 1.807) is 7.11 Å². The van der Waals surface area contributed by atoms with Crippen LogP contribution in [0.2, 0.25) is 0 Å². The zero-order valence-electron chi connectivity index (χ0n) is 14.0. The molecule has 0 bridgehead atoms. The molecule has 0 spiro atoms. The average Bonchev–Trinajstić information content (AvgIpc) is 2.69. The van der Waals surface area contributed by atoms with E-state index in [0.29, 0.717) is 18.6 Å². The second-order valence-corrected chi connectivity index (χ2v) is 6.52. The summed E-state index contributed by atoms with van der Waals surface area (Å²) < 4.78 is 31.8. The van der Waals surface area contributed by atoms with Crippen molar-refractivity contribution in [2.75, 3.05) is 13.7 Å². The number of hydrogen-bond acceptors (Lipinski definition) is 3. The highest BCUT2D eigenvalue weighted by atomic mass is 19.1. The molecular weight excluding hydrogens is 282 g/mol. The minimum atomic E-state index is -0.975. The van der Waals surface area contributed by atoms with Crippen LogP contribution in [0.5, 0.6) is 0 Å². The Balaban J connectivity index is 2.34. The molecule has 1 aromatic rings. The lowest BCUT2D eigenvalue weighted by molar-refractivity contribution is 0.00578. The van der Waals surface area contributed by atoms with Gasteiger partial charge in [-0.15, -0.1) is 0 Å². The quantitative estimate of drug-likeness (QED) is 0.769. The van der Waals surface area contributed by atoms with Crippen molar-refractivity contribution in [2.45, 2.75) is 45.3 Å². The number of hydrogen-bond donors (Lipinski definition) is 0. The second kappa shape index (κ2) is 6.53. The van der Waals surface area contributed by atoms with E-state index in [-0.39, 0.29) is 5.73 Å². The topological polar surface area (TPSA) is 27.7 Å². The van der Waals surface area contributed by atoms with Crippen molar-refractivity contribution in [3.05, 3.63) is 41.6 Å². The molecule has 1 saturated heterocycles. The molecule has 0 saturated carbocycles. The highest BCUT2D eigenvalue weighted by Crippen LogP contribution is 2.40. The van der Waals surface area contributed by atoms with Crippen LogP contribution < -0.4 is 0 Å². The number of ether oxygens (including phenoxy) is 1. The first-order chi connectivity index (χ1) is 10.3. The predicted octanol–water partition coefficient (Wildman–Crippen LogP) is 4.04. The van der Waals surface area contributed by atoms with E-state index in [1.165, 1.54) is 0 Å². The predicted molar refractivity (Wildman–Crippen MR) is 87.0 cm³/mol. The monoisotopic (exact) mass is 306 g/mol. The first kappa shape index (κ1) is 17.2. The van der Waals surface area contributed by atoms with Crippen LogP contribution in [0.3, 0.4) is 0 Å². The summed E-state index contributed by atoms with van der Waals surface area (Å²) in [5.74, 6) is 0. The van der Waals surface area contributed by atoms with Gasteiger partial charge in [-0.2, -0.15) is 0 Å². The van der Waals surface area contributed by atoms with Gasteiger partial charge >= 0.3 is 7.12 Å². The van der Waals surface area contributed by atoms with E-state index >= 15 is 4.39 Å². The minimum Gasteiger partial charge on any atom is -0.398 e.